The van der Waals surface area contributed by atoms with Crippen molar-refractivity contribution in [2.24, 2.45) is 5.73 Å². The Morgan fingerprint density at radius 3 is 2.60 bits per heavy atom. The summed E-state index contributed by atoms with van der Waals surface area (Å²) >= 11 is 0. The third kappa shape index (κ3) is 2.80. The Balaban J connectivity index is 1.51. The summed E-state index contributed by atoms with van der Waals surface area (Å²) in [6, 6.07) is 7.34. The second-order valence-corrected chi connectivity index (χ2v) is 5.92. The van der Waals surface area contributed by atoms with Gasteiger partial charge < -0.3 is 15.2 Å². The van der Waals surface area contributed by atoms with Crippen molar-refractivity contribution in [2.75, 3.05) is 6.61 Å². The molecule has 3 N–H and O–H groups in total. The number of hydrogen-bond donors (Lipinski definition) is 2. The SMILES string of the molecule is N=C(N)c1ccc(OCC2CCC3(CCCC3)O2)cc1. The number of ether oxygens (including phenoxy) is 2. The molecule has 4 nitrogen and oxygen atoms in total. The first kappa shape index (κ1) is 13.4. The van der Waals surface area contributed by atoms with Gasteiger partial charge in [-0.25, -0.2) is 0 Å². The van der Waals surface area contributed by atoms with Crippen LogP contribution in [0.3, 0.4) is 0 Å². The Kier molecular flexibility index (Phi) is 3.66. The summed E-state index contributed by atoms with van der Waals surface area (Å²) in [4.78, 5) is 0. The predicted molar refractivity (Wildman–Crippen MR) is 78.3 cm³/mol. The summed E-state index contributed by atoms with van der Waals surface area (Å²) in [7, 11) is 0. The first-order valence-corrected chi connectivity index (χ1v) is 7.42. The van der Waals surface area contributed by atoms with E-state index in [4.69, 9.17) is 20.6 Å². The van der Waals surface area contributed by atoms with E-state index in [-0.39, 0.29) is 17.5 Å². The third-order valence-corrected chi connectivity index (χ3v) is 4.45. The second-order valence-electron chi connectivity index (χ2n) is 5.92. The zero-order valence-electron chi connectivity index (χ0n) is 11.7. The average molecular weight is 274 g/mol. The highest BCUT2D eigenvalue weighted by Crippen LogP contribution is 2.43. The van der Waals surface area contributed by atoms with Crippen LogP contribution in [0.25, 0.3) is 0 Å². The number of benzene rings is 1. The molecule has 2 aliphatic rings. The fraction of sp³-hybridized carbons (Fsp3) is 0.562. The number of amidine groups is 1. The number of nitrogens with two attached hydrogens (primary N) is 1. The van der Waals surface area contributed by atoms with E-state index in [1.807, 2.05) is 24.3 Å². The largest absolute Gasteiger partial charge is 0.491 e. The Hall–Kier alpha value is -1.55. The lowest BCUT2D eigenvalue weighted by atomic mass is 9.98. The minimum absolute atomic E-state index is 0.0823. The minimum atomic E-state index is 0.0823. The van der Waals surface area contributed by atoms with E-state index in [2.05, 4.69) is 0 Å². The van der Waals surface area contributed by atoms with Crippen LogP contribution in [0.5, 0.6) is 5.75 Å². The minimum Gasteiger partial charge on any atom is -0.491 e. The van der Waals surface area contributed by atoms with Crippen LogP contribution in [0.4, 0.5) is 0 Å². The van der Waals surface area contributed by atoms with Crippen LogP contribution in [0.15, 0.2) is 24.3 Å². The van der Waals surface area contributed by atoms with Gasteiger partial charge in [0.05, 0.1) is 11.7 Å². The smallest absolute Gasteiger partial charge is 0.122 e. The average Bonchev–Trinajstić information content (AvgIpc) is 3.08. The van der Waals surface area contributed by atoms with Crippen LogP contribution >= 0.6 is 0 Å². The molecule has 108 valence electrons. The highest BCUT2D eigenvalue weighted by Gasteiger charge is 2.42. The van der Waals surface area contributed by atoms with Crippen molar-refractivity contribution in [2.45, 2.75) is 50.2 Å². The maximum absolute atomic E-state index is 7.35. The van der Waals surface area contributed by atoms with Gasteiger partial charge in [0.15, 0.2) is 0 Å². The highest BCUT2D eigenvalue weighted by molar-refractivity contribution is 5.94. The van der Waals surface area contributed by atoms with Crippen LogP contribution in [0, 0.1) is 5.41 Å². The normalized spacial score (nSPS) is 24.1. The molecule has 1 saturated heterocycles. The zero-order valence-corrected chi connectivity index (χ0v) is 11.7. The molecular formula is C16H22N2O2. The van der Waals surface area contributed by atoms with Gasteiger partial charge in [0.2, 0.25) is 0 Å². The van der Waals surface area contributed by atoms with Gasteiger partial charge in [-0.2, -0.15) is 0 Å². The molecule has 4 heteroatoms. The molecule has 1 spiro atoms. The molecule has 1 aliphatic carbocycles. The van der Waals surface area contributed by atoms with Crippen molar-refractivity contribution >= 4 is 5.84 Å². The van der Waals surface area contributed by atoms with Crippen molar-refractivity contribution in [3.05, 3.63) is 29.8 Å². The maximum atomic E-state index is 7.35. The quantitative estimate of drug-likeness (QED) is 0.655. The van der Waals surface area contributed by atoms with E-state index in [9.17, 15) is 0 Å². The van der Waals surface area contributed by atoms with Crippen molar-refractivity contribution in [1.82, 2.24) is 0 Å². The van der Waals surface area contributed by atoms with Crippen LogP contribution < -0.4 is 10.5 Å². The lowest BCUT2D eigenvalue weighted by molar-refractivity contribution is -0.0508. The number of rotatable bonds is 4. The lowest BCUT2D eigenvalue weighted by Gasteiger charge is -2.23. The molecule has 1 aliphatic heterocycles. The molecule has 1 aromatic carbocycles. The van der Waals surface area contributed by atoms with Crippen LogP contribution in [0.1, 0.15) is 44.1 Å². The summed E-state index contributed by atoms with van der Waals surface area (Å²) in [5, 5.41) is 7.35. The van der Waals surface area contributed by atoms with Crippen LogP contribution in [0.2, 0.25) is 0 Å². The molecule has 0 amide bonds. The molecule has 1 heterocycles. The summed E-state index contributed by atoms with van der Waals surface area (Å²) in [5.74, 6) is 0.893. The van der Waals surface area contributed by atoms with Gasteiger partial charge in [-0.1, -0.05) is 12.8 Å². The predicted octanol–water partition coefficient (Wildman–Crippen LogP) is 2.84. The maximum Gasteiger partial charge on any atom is 0.122 e. The van der Waals surface area contributed by atoms with E-state index in [1.54, 1.807) is 0 Å². The summed E-state index contributed by atoms with van der Waals surface area (Å²) in [5.41, 5.74) is 6.32. The first-order valence-electron chi connectivity index (χ1n) is 7.42. The molecule has 1 unspecified atom stereocenters. The molecule has 0 radical (unpaired) electrons. The van der Waals surface area contributed by atoms with Gasteiger partial charge in [-0.3, -0.25) is 5.41 Å². The standard InChI is InChI=1S/C16H22N2O2/c17-15(18)12-3-5-13(6-4-12)19-11-14-7-10-16(20-14)8-1-2-9-16/h3-6,14H,1-2,7-11H2,(H3,17,18). The Morgan fingerprint density at radius 2 is 1.95 bits per heavy atom. The van der Waals surface area contributed by atoms with E-state index in [0.29, 0.717) is 6.61 Å². The van der Waals surface area contributed by atoms with Gasteiger partial charge >= 0.3 is 0 Å². The van der Waals surface area contributed by atoms with Crippen molar-refractivity contribution in [3.8, 4) is 5.75 Å². The van der Waals surface area contributed by atoms with Gasteiger partial charge in [0, 0.05) is 5.56 Å². The molecular weight excluding hydrogens is 252 g/mol. The van der Waals surface area contributed by atoms with Crippen molar-refractivity contribution in [1.29, 1.82) is 5.41 Å². The van der Waals surface area contributed by atoms with Gasteiger partial charge in [0.1, 0.15) is 18.2 Å². The van der Waals surface area contributed by atoms with E-state index < -0.39 is 0 Å². The summed E-state index contributed by atoms with van der Waals surface area (Å²) in [6.45, 7) is 0.612. The molecule has 3 rings (SSSR count). The Morgan fingerprint density at radius 1 is 1.25 bits per heavy atom. The number of hydrogen-bond acceptors (Lipinski definition) is 3. The summed E-state index contributed by atoms with van der Waals surface area (Å²) < 4.78 is 12.0. The molecule has 20 heavy (non-hydrogen) atoms. The molecule has 1 aromatic rings. The topological polar surface area (TPSA) is 68.3 Å². The molecule has 1 saturated carbocycles. The number of nitrogen functional groups attached to an aromatic ring is 1. The van der Waals surface area contributed by atoms with E-state index in [1.165, 1.54) is 32.1 Å². The highest BCUT2D eigenvalue weighted by atomic mass is 16.6. The van der Waals surface area contributed by atoms with Crippen LogP contribution in [-0.2, 0) is 4.74 Å². The zero-order chi connectivity index (χ0) is 14.0. The molecule has 1 atom stereocenters. The fourth-order valence-corrected chi connectivity index (χ4v) is 3.32. The molecule has 2 fully saturated rings. The lowest BCUT2D eigenvalue weighted by Crippen LogP contribution is -2.27. The van der Waals surface area contributed by atoms with Crippen molar-refractivity contribution in [3.63, 3.8) is 0 Å². The summed E-state index contributed by atoms with van der Waals surface area (Å²) in [6.07, 6.45) is 7.56. The van der Waals surface area contributed by atoms with Crippen LogP contribution in [-0.4, -0.2) is 24.1 Å². The number of nitrogens with one attached hydrogen (secondary N) is 1. The molecule has 0 aromatic heterocycles. The van der Waals surface area contributed by atoms with Gasteiger partial charge in [-0.15, -0.1) is 0 Å². The Labute approximate surface area is 119 Å². The van der Waals surface area contributed by atoms with E-state index in [0.717, 1.165) is 17.7 Å². The van der Waals surface area contributed by atoms with Gasteiger partial charge in [-0.05, 0) is 49.9 Å². The molecule has 0 bridgehead atoms. The monoisotopic (exact) mass is 274 g/mol. The van der Waals surface area contributed by atoms with E-state index >= 15 is 0 Å². The van der Waals surface area contributed by atoms with Gasteiger partial charge in [0.25, 0.3) is 0 Å². The Bertz CT molecular complexity index is 478. The first-order chi connectivity index (χ1) is 9.67. The second kappa shape index (κ2) is 5.44. The fourth-order valence-electron chi connectivity index (χ4n) is 3.32. The van der Waals surface area contributed by atoms with Crippen molar-refractivity contribution < 1.29 is 9.47 Å². The third-order valence-electron chi connectivity index (χ3n) is 4.45.